The van der Waals surface area contributed by atoms with Crippen molar-refractivity contribution < 1.29 is 8.78 Å². The van der Waals surface area contributed by atoms with E-state index in [0.29, 0.717) is 18.2 Å². The van der Waals surface area contributed by atoms with Crippen LogP contribution in [0.3, 0.4) is 0 Å². The Kier molecular flexibility index (Phi) is 3.51. The number of benzene rings is 1. The first-order chi connectivity index (χ1) is 7.65. The highest BCUT2D eigenvalue weighted by Crippen LogP contribution is 2.18. The zero-order valence-corrected chi connectivity index (χ0v) is 9.05. The molecule has 16 heavy (non-hydrogen) atoms. The normalized spacial score (nSPS) is 24.9. The van der Waals surface area contributed by atoms with Crippen molar-refractivity contribution in [2.24, 2.45) is 5.73 Å². The highest BCUT2D eigenvalue weighted by molar-refractivity contribution is 5.18. The van der Waals surface area contributed by atoms with Crippen LogP contribution in [-0.2, 0) is 6.54 Å². The highest BCUT2D eigenvalue weighted by Gasteiger charge is 2.21. The molecule has 1 fully saturated rings. The molecule has 0 aromatic heterocycles. The van der Waals surface area contributed by atoms with E-state index in [4.69, 9.17) is 5.73 Å². The van der Waals surface area contributed by atoms with Gasteiger partial charge in [0.25, 0.3) is 0 Å². The molecule has 0 amide bonds. The van der Waals surface area contributed by atoms with Crippen LogP contribution in [0.2, 0.25) is 0 Å². The van der Waals surface area contributed by atoms with Crippen molar-refractivity contribution >= 4 is 0 Å². The van der Waals surface area contributed by atoms with Crippen LogP contribution in [0, 0.1) is 11.6 Å². The van der Waals surface area contributed by atoms with Crippen LogP contribution < -0.4 is 11.1 Å². The predicted octanol–water partition coefficient (Wildman–Crippen LogP) is 1.93. The van der Waals surface area contributed by atoms with Crippen LogP contribution in [0.4, 0.5) is 8.78 Å². The van der Waals surface area contributed by atoms with Crippen molar-refractivity contribution in [3.8, 4) is 0 Å². The molecule has 1 aromatic carbocycles. The lowest BCUT2D eigenvalue weighted by Gasteiger charge is -2.12. The van der Waals surface area contributed by atoms with E-state index >= 15 is 0 Å². The number of nitrogens with two attached hydrogens (primary N) is 1. The molecule has 0 bridgehead atoms. The fraction of sp³-hybridized carbons (Fsp3) is 0.500. The first-order valence-corrected chi connectivity index (χ1v) is 5.58. The number of hydrogen-bond donors (Lipinski definition) is 2. The summed E-state index contributed by atoms with van der Waals surface area (Å²) < 4.78 is 26.2. The van der Waals surface area contributed by atoms with E-state index in [-0.39, 0.29) is 11.9 Å². The molecule has 3 N–H and O–H groups in total. The first kappa shape index (κ1) is 11.5. The van der Waals surface area contributed by atoms with E-state index in [1.165, 1.54) is 6.07 Å². The molecule has 1 aromatic rings. The van der Waals surface area contributed by atoms with Crippen molar-refractivity contribution in [3.05, 3.63) is 35.4 Å². The Bertz CT molecular complexity index is 368. The summed E-state index contributed by atoms with van der Waals surface area (Å²) in [6.07, 6.45) is 2.93. The summed E-state index contributed by atoms with van der Waals surface area (Å²) in [6, 6.07) is 4.10. The summed E-state index contributed by atoms with van der Waals surface area (Å²) in [5, 5.41) is 3.21. The molecule has 2 unspecified atom stereocenters. The highest BCUT2D eigenvalue weighted by atomic mass is 19.1. The molecule has 0 heterocycles. The average molecular weight is 226 g/mol. The lowest BCUT2D eigenvalue weighted by molar-refractivity contribution is 0.499. The van der Waals surface area contributed by atoms with Crippen molar-refractivity contribution in [1.82, 2.24) is 5.32 Å². The Labute approximate surface area is 93.8 Å². The molecule has 4 heteroatoms. The Hall–Kier alpha value is -1.00. The summed E-state index contributed by atoms with van der Waals surface area (Å²) in [5.74, 6) is -0.766. The van der Waals surface area contributed by atoms with Gasteiger partial charge in [0.15, 0.2) is 0 Å². The van der Waals surface area contributed by atoms with Crippen LogP contribution in [0.5, 0.6) is 0 Å². The largest absolute Gasteiger partial charge is 0.328 e. The minimum atomic E-state index is -0.402. The second-order valence-electron chi connectivity index (χ2n) is 4.39. The SMILES string of the molecule is NC1CCC(NCc2cc(F)ccc2F)C1. The fourth-order valence-corrected chi connectivity index (χ4v) is 2.13. The molecular formula is C12H16F2N2. The third-order valence-electron chi connectivity index (χ3n) is 3.06. The minimum absolute atomic E-state index is 0.245. The van der Waals surface area contributed by atoms with Crippen LogP contribution >= 0.6 is 0 Å². The monoisotopic (exact) mass is 226 g/mol. The molecule has 2 rings (SSSR count). The van der Waals surface area contributed by atoms with E-state index in [1.54, 1.807) is 0 Å². The Morgan fingerprint density at radius 3 is 2.81 bits per heavy atom. The lowest BCUT2D eigenvalue weighted by atomic mass is 10.1. The summed E-state index contributed by atoms with van der Waals surface area (Å²) in [7, 11) is 0. The van der Waals surface area contributed by atoms with E-state index in [1.807, 2.05) is 0 Å². The molecule has 0 spiro atoms. The third kappa shape index (κ3) is 2.77. The first-order valence-electron chi connectivity index (χ1n) is 5.58. The Morgan fingerprint density at radius 2 is 2.12 bits per heavy atom. The molecule has 1 aliphatic carbocycles. The maximum Gasteiger partial charge on any atom is 0.127 e. The zero-order chi connectivity index (χ0) is 11.5. The number of rotatable bonds is 3. The van der Waals surface area contributed by atoms with Crippen molar-refractivity contribution in [3.63, 3.8) is 0 Å². The molecule has 1 aliphatic rings. The second kappa shape index (κ2) is 4.89. The maximum absolute atomic E-state index is 13.3. The number of hydrogen-bond acceptors (Lipinski definition) is 2. The van der Waals surface area contributed by atoms with Gasteiger partial charge in [-0.05, 0) is 37.5 Å². The number of nitrogens with one attached hydrogen (secondary N) is 1. The minimum Gasteiger partial charge on any atom is -0.328 e. The van der Waals surface area contributed by atoms with Crippen LogP contribution in [-0.4, -0.2) is 12.1 Å². The Balaban J connectivity index is 1.91. The summed E-state index contributed by atoms with van der Waals surface area (Å²) in [5.41, 5.74) is 6.15. The van der Waals surface area contributed by atoms with Gasteiger partial charge < -0.3 is 11.1 Å². The van der Waals surface area contributed by atoms with Crippen LogP contribution in [0.15, 0.2) is 18.2 Å². The van der Waals surface area contributed by atoms with Gasteiger partial charge in [-0.25, -0.2) is 8.78 Å². The fourth-order valence-electron chi connectivity index (χ4n) is 2.13. The van der Waals surface area contributed by atoms with Gasteiger partial charge in [0.1, 0.15) is 11.6 Å². The zero-order valence-electron chi connectivity index (χ0n) is 9.05. The van der Waals surface area contributed by atoms with Crippen LogP contribution in [0.1, 0.15) is 24.8 Å². The maximum atomic E-state index is 13.3. The van der Waals surface area contributed by atoms with E-state index in [9.17, 15) is 8.78 Å². The lowest BCUT2D eigenvalue weighted by Crippen LogP contribution is -2.28. The van der Waals surface area contributed by atoms with Gasteiger partial charge in [0.2, 0.25) is 0 Å². The summed E-state index contributed by atoms with van der Waals surface area (Å²) in [4.78, 5) is 0. The van der Waals surface area contributed by atoms with Gasteiger partial charge in [-0.2, -0.15) is 0 Å². The quantitative estimate of drug-likeness (QED) is 0.826. The van der Waals surface area contributed by atoms with Crippen molar-refractivity contribution in [2.75, 3.05) is 0 Å². The third-order valence-corrected chi connectivity index (χ3v) is 3.06. The van der Waals surface area contributed by atoms with Gasteiger partial charge in [-0.3, -0.25) is 0 Å². The predicted molar refractivity (Wildman–Crippen MR) is 58.8 cm³/mol. The molecule has 0 saturated heterocycles. The molecule has 1 saturated carbocycles. The van der Waals surface area contributed by atoms with Gasteiger partial charge in [0, 0.05) is 24.2 Å². The molecular weight excluding hydrogens is 210 g/mol. The number of halogens is 2. The van der Waals surface area contributed by atoms with Crippen molar-refractivity contribution in [1.29, 1.82) is 0 Å². The molecule has 0 radical (unpaired) electrons. The smallest absolute Gasteiger partial charge is 0.127 e. The summed E-state index contributed by atoms with van der Waals surface area (Å²) >= 11 is 0. The van der Waals surface area contributed by atoms with Gasteiger partial charge >= 0.3 is 0 Å². The van der Waals surface area contributed by atoms with E-state index < -0.39 is 5.82 Å². The molecule has 0 aliphatic heterocycles. The second-order valence-corrected chi connectivity index (χ2v) is 4.39. The van der Waals surface area contributed by atoms with Gasteiger partial charge in [0.05, 0.1) is 0 Å². The van der Waals surface area contributed by atoms with E-state index in [0.717, 1.165) is 31.4 Å². The summed E-state index contributed by atoms with van der Waals surface area (Å²) in [6.45, 7) is 0.362. The van der Waals surface area contributed by atoms with E-state index in [2.05, 4.69) is 5.32 Å². The standard InChI is InChI=1S/C12H16F2N2/c13-9-1-4-12(14)8(5-9)7-16-11-3-2-10(15)6-11/h1,4-5,10-11,16H,2-3,6-7,15H2. The van der Waals surface area contributed by atoms with Gasteiger partial charge in [-0.1, -0.05) is 0 Å². The molecule has 2 nitrogen and oxygen atoms in total. The average Bonchev–Trinajstić information content (AvgIpc) is 2.66. The Morgan fingerprint density at radius 1 is 1.31 bits per heavy atom. The van der Waals surface area contributed by atoms with Gasteiger partial charge in [-0.15, -0.1) is 0 Å². The topological polar surface area (TPSA) is 38.0 Å². The molecule has 88 valence electrons. The van der Waals surface area contributed by atoms with Crippen molar-refractivity contribution in [2.45, 2.75) is 37.9 Å². The van der Waals surface area contributed by atoms with Crippen LogP contribution in [0.25, 0.3) is 0 Å². The molecule has 2 atom stereocenters.